The maximum atomic E-state index is 14.9. The standard InChI is InChI=1S/C40H57O7P/c1-28(16-19-36(42)44-5)33-17-18-34-37-35(25-31-24-32(41)20-21-39(31,3)40(37,4)23-22-38(33,34)2)47-48(43,45-26-29-12-8-6-9-13-29)46-27-30-14-10-7-11-15-30/h6-15,28,31-35,37,41H,16-27H2,1-5H3/t28-,31+,32-,33-,34+,35-,37-,38-,39+,40+/m1/s1. The van der Waals surface area contributed by atoms with Gasteiger partial charge in [0.1, 0.15) is 0 Å². The molecule has 0 amide bonds. The fraction of sp³-hybridized carbons (Fsp3) is 0.675. The van der Waals surface area contributed by atoms with Crippen molar-refractivity contribution in [3.05, 3.63) is 71.8 Å². The van der Waals surface area contributed by atoms with E-state index in [0.717, 1.165) is 68.9 Å². The molecule has 0 saturated heterocycles. The molecule has 0 aromatic heterocycles. The molecule has 7 nitrogen and oxygen atoms in total. The van der Waals surface area contributed by atoms with Crippen LogP contribution in [0.5, 0.6) is 0 Å². The summed E-state index contributed by atoms with van der Waals surface area (Å²) in [6.07, 6.45) is 8.33. The normalized spacial score (nSPS) is 36.8. The third kappa shape index (κ3) is 6.84. The molecule has 4 aliphatic carbocycles. The Morgan fingerprint density at radius 1 is 0.875 bits per heavy atom. The van der Waals surface area contributed by atoms with Crippen LogP contribution in [0.3, 0.4) is 0 Å². The number of carbonyl (C=O) groups is 1. The van der Waals surface area contributed by atoms with Gasteiger partial charge in [-0.25, -0.2) is 4.57 Å². The number of phosphoric acid groups is 1. The second-order valence-corrected chi connectivity index (χ2v) is 17.8. The van der Waals surface area contributed by atoms with Gasteiger partial charge in [-0.3, -0.25) is 18.4 Å². The second-order valence-electron chi connectivity index (χ2n) is 16.2. The largest absolute Gasteiger partial charge is 0.475 e. The number of phosphoric ester groups is 1. The van der Waals surface area contributed by atoms with E-state index in [9.17, 15) is 14.5 Å². The highest BCUT2D eigenvalue weighted by Crippen LogP contribution is 2.74. The van der Waals surface area contributed by atoms with Crippen molar-refractivity contribution in [1.29, 1.82) is 0 Å². The molecule has 0 heterocycles. The van der Waals surface area contributed by atoms with Gasteiger partial charge in [0, 0.05) is 6.42 Å². The first-order chi connectivity index (χ1) is 22.9. The number of ether oxygens (including phenoxy) is 1. The third-order valence-electron chi connectivity index (χ3n) is 14.0. The number of hydrogen-bond donors (Lipinski definition) is 1. The van der Waals surface area contributed by atoms with Crippen LogP contribution < -0.4 is 0 Å². The van der Waals surface area contributed by atoms with Crippen molar-refractivity contribution >= 4 is 13.8 Å². The van der Waals surface area contributed by atoms with Crippen molar-refractivity contribution in [2.24, 2.45) is 45.8 Å². The Hall–Kier alpha value is -2.02. The first-order valence-corrected chi connectivity index (χ1v) is 19.8. The molecule has 0 unspecified atom stereocenters. The minimum Gasteiger partial charge on any atom is -0.469 e. The zero-order valence-corrected chi connectivity index (χ0v) is 30.5. The number of hydrogen-bond acceptors (Lipinski definition) is 7. The lowest BCUT2D eigenvalue weighted by Crippen LogP contribution is -2.64. The van der Waals surface area contributed by atoms with Crippen molar-refractivity contribution in [1.82, 2.24) is 0 Å². The summed E-state index contributed by atoms with van der Waals surface area (Å²) in [5.74, 6) is 1.55. The van der Waals surface area contributed by atoms with E-state index in [-0.39, 0.29) is 59.5 Å². The zero-order valence-electron chi connectivity index (χ0n) is 29.6. The summed E-state index contributed by atoms with van der Waals surface area (Å²) in [4.78, 5) is 12.1. The average molecular weight is 681 g/mol. The van der Waals surface area contributed by atoms with Crippen LogP contribution in [0.2, 0.25) is 0 Å². The van der Waals surface area contributed by atoms with Crippen molar-refractivity contribution in [3.8, 4) is 0 Å². The van der Waals surface area contributed by atoms with Gasteiger partial charge in [0.25, 0.3) is 0 Å². The Labute approximate surface area is 288 Å². The Kier molecular flexibility index (Phi) is 10.7. The smallest absolute Gasteiger partial charge is 0.469 e. The van der Waals surface area contributed by atoms with Gasteiger partial charge in [-0.15, -0.1) is 0 Å². The number of aliphatic hydroxyl groups is 1. The van der Waals surface area contributed by atoms with Gasteiger partial charge in [0.15, 0.2) is 0 Å². The zero-order chi connectivity index (χ0) is 34.2. The van der Waals surface area contributed by atoms with E-state index in [1.54, 1.807) is 0 Å². The van der Waals surface area contributed by atoms with E-state index in [4.69, 9.17) is 18.3 Å². The molecular weight excluding hydrogens is 623 g/mol. The van der Waals surface area contributed by atoms with Crippen LogP contribution in [-0.4, -0.2) is 30.4 Å². The minimum absolute atomic E-state index is 0.0481. The van der Waals surface area contributed by atoms with Crippen LogP contribution >= 0.6 is 7.82 Å². The first kappa shape index (κ1) is 35.8. The highest BCUT2D eigenvalue weighted by atomic mass is 31.2. The molecule has 264 valence electrons. The topological polar surface area (TPSA) is 91.3 Å². The molecule has 10 atom stereocenters. The molecule has 48 heavy (non-hydrogen) atoms. The molecular formula is C40H57O7P. The molecule has 0 aliphatic heterocycles. The summed E-state index contributed by atoms with van der Waals surface area (Å²) < 4.78 is 39.2. The highest BCUT2D eigenvalue weighted by Gasteiger charge is 2.68. The Bertz CT molecular complexity index is 1390. The van der Waals surface area contributed by atoms with Crippen LogP contribution in [0.25, 0.3) is 0 Å². The fourth-order valence-electron chi connectivity index (χ4n) is 11.1. The predicted molar refractivity (Wildman–Crippen MR) is 187 cm³/mol. The minimum atomic E-state index is -4.03. The predicted octanol–water partition coefficient (Wildman–Crippen LogP) is 9.52. The van der Waals surface area contributed by atoms with E-state index in [1.807, 2.05) is 60.7 Å². The second kappa shape index (κ2) is 14.3. The number of fused-ring (bicyclic) bond motifs is 5. The van der Waals surface area contributed by atoms with Crippen LogP contribution in [0.15, 0.2) is 60.7 Å². The molecule has 4 saturated carbocycles. The lowest BCUT2D eigenvalue weighted by atomic mass is 9.37. The molecule has 4 aliphatic rings. The van der Waals surface area contributed by atoms with Gasteiger partial charge in [0.05, 0.1) is 32.5 Å². The van der Waals surface area contributed by atoms with E-state index < -0.39 is 7.82 Å². The monoisotopic (exact) mass is 680 g/mol. The molecule has 0 spiro atoms. The van der Waals surface area contributed by atoms with Gasteiger partial charge in [-0.1, -0.05) is 88.4 Å². The molecule has 2 aromatic carbocycles. The van der Waals surface area contributed by atoms with E-state index >= 15 is 0 Å². The van der Waals surface area contributed by atoms with Gasteiger partial charge >= 0.3 is 13.8 Å². The number of rotatable bonds is 12. The van der Waals surface area contributed by atoms with Crippen LogP contribution in [0.1, 0.15) is 103 Å². The Balaban J connectivity index is 1.33. The molecule has 1 N–H and O–H groups in total. The molecule has 8 heteroatoms. The molecule has 4 fully saturated rings. The molecule has 0 radical (unpaired) electrons. The van der Waals surface area contributed by atoms with Crippen molar-refractivity contribution in [2.45, 2.75) is 117 Å². The summed E-state index contributed by atoms with van der Waals surface area (Å²) in [6.45, 7) is 10.00. The first-order valence-electron chi connectivity index (χ1n) is 18.3. The van der Waals surface area contributed by atoms with Gasteiger partial charge in [0.2, 0.25) is 0 Å². The molecule has 0 bridgehead atoms. The van der Waals surface area contributed by atoms with Crippen molar-refractivity contribution in [2.75, 3.05) is 7.11 Å². The summed E-state index contributed by atoms with van der Waals surface area (Å²) in [7, 11) is -2.56. The van der Waals surface area contributed by atoms with Crippen molar-refractivity contribution < 1.29 is 32.8 Å². The van der Waals surface area contributed by atoms with Gasteiger partial charge < -0.3 is 9.84 Å². The van der Waals surface area contributed by atoms with Gasteiger partial charge in [-0.05, 0) is 115 Å². The number of carbonyl (C=O) groups excluding carboxylic acids is 1. The summed E-state index contributed by atoms with van der Waals surface area (Å²) in [6, 6.07) is 19.5. The van der Waals surface area contributed by atoms with Crippen LogP contribution in [0, 0.1) is 45.8 Å². The summed E-state index contributed by atoms with van der Waals surface area (Å²) >= 11 is 0. The van der Waals surface area contributed by atoms with Crippen molar-refractivity contribution in [3.63, 3.8) is 0 Å². The molecule has 2 aromatic rings. The number of esters is 1. The Morgan fingerprint density at radius 3 is 2.10 bits per heavy atom. The number of benzene rings is 2. The lowest BCUT2D eigenvalue weighted by molar-refractivity contribution is -0.222. The van der Waals surface area contributed by atoms with Gasteiger partial charge in [-0.2, -0.15) is 0 Å². The fourth-order valence-corrected chi connectivity index (χ4v) is 12.4. The van der Waals surface area contributed by atoms with Crippen LogP contribution in [-0.2, 0) is 40.9 Å². The van der Waals surface area contributed by atoms with Crippen LogP contribution in [0.4, 0.5) is 0 Å². The number of aliphatic hydroxyl groups excluding tert-OH is 1. The highest BCUT2D eigenvalue weighted by molar-refractivity contribution is 7.48. The summed E-state index contributed by atoms with van der Waals surface area (Å²) in [5.41, 5.74) is 1.89. The maximum Gasteiger partial charge on any atom is 0.475 e. The summed E-state index contributed by atoms with van der Waals surface area (Å²) in [5, 5.41) is 10.9. The lowest BCUT2D eigenvalue weighted by Gasteiger charge is -2.68. The van der Waals surface area contributed by atoms with E-state index in [0.29, 0.717) is 24.2 Å². The molecule has 6 rings (SSSR count). The maximum absolute atomic E-state index is 14.9. The number of methoxy groups -OCH3 is 1. The third-order valence-corrected chi connectivity index (χ3v) is 15.4. The van der Waals surface area contributed by atoms with E-state index in [2.05, 4.69) is 27.7 Å². The Morgan fingerprint density at radius 2 is 1.50 bits per heavy atom. The van der Waals surface area contributed by atoms with E-state index in [1.165, 1.54) is 7.11 Å². The SMILES string of the molecule is COC(=O)CC[C@@H](C)[C@H]1CC[C@H]2[C@@H]3[C@H](OP(=O)(OCc4ccccc4)OCc4ccccc4)C[C@@H]4C[C@H](O)CC[C@]4(C)[C@@]3(C)CC[C@]12C. The average Bonchev–Trinajstić information content (AvgIpc) is 3.44. The quantitative estimate of drug-likeness (QED) is 0.176.